The van der Waals surface area contributed by atoms with Crippen molar-refractivity contribution in [1.29, 1.82) is 0 Å². The zero-order valence-electron chi connectivity index (χ0n) is 16.9. The van der Waals surface area contributed by atoms with Crippen LogP contribution in [-0.2, 0) is 0 Å². The Morgan fingerprint density at radius 2 is 1.67 bits per heavy atom. The highest BCUT2D eigenvalue weighted by molar-refractivity contribution is 6.03. The molecule has 0 saturated carbocycles. The molecule has 3 aromatic carbocycles. The van der Waals surface area contributed by atoms with Crippen LogP contribution in [0.3, 0.4) is 0 Å². The molecule has 2 aliphatic rings. The maximum atomic E-state index is 5.49. The quantitative estimate of drug-likeness (QED) is 0.555. The maximum absolute atomic E-state index is 5.49. The van der Waals surface area contributed by atoms with Gasteiger partial charge < -0.3 is 4.74 Å². The highest BCUT2D eigenvalue weighted by Gasteiger charge is 2.34. The fourth-order valence-corrected chi connectivity index (χ4v) is 4.06. The number of methoxy groups -OCH3 is 1. The number of rotatable bonds is 4. The molecule has 2 aliphatic heterocycles. The minimum atomic E-state index is -0.0266. The molecule has 0 amide bonds. The summed E-state index contributed by atoms with van der Waals surface area (Å²) >= 11 is 0. The van der Waals surface area contributed by atoms with E-state index in [1.165, 1.54) is 5.56 Å². The van der Waals surface area contributed by atoms with E-state index in [1.54, 1.807) is 7.11 Å². The highest BCUT2D eigenvalue weighted by atomic mass is 16.5. The molecule has 5 rings (SSSR count). The van der Waals surface area contributed by atoms with Gasteiger partial charge in [-0.1, -0.05) is 66.7 Å². The lowest BCUT2D eigenvalue weighted by Crippen LogP contribution is -2.37. The van der Waals surface area contributed by atoms with Gasteiger partial charge in [0.25, 0.3) is 0 Å². The third kappa shape index (κ3) is 3.30. The van der Waals surface area contributed by atoms with Crippen LogP contribution < -0.4 is 4.74 Å². The fourth-order valence-electron chi connectivity index (χ4n) is 4.06. The van der Waals surface area contributed by atoms with Crippen LogP contribution in [0.5, 0.6) is 5.75 Å². The summed E-state index contributed by atoms with van der Waals surface area (Å²) in [7, 11) is 1.69. The molecule has 1 atom stereocenters. The van der Waals surface area contributed by atoms with Crippen molar-refractivity contribution in [1.82, 2.24) is 4.90 Å². The number of fused-ring (bicyclic) bond motifs is 1. The van der Waals surface area contributed by atoms with Gasteiger partial charge >= 0.3 is 0 Å². The predicted octanol–water partition coefficient (Wildman–Crippen LogP) is 5.88. The van der Waals surface area contributed by atoms with E-state index in [4.69, 9.17) is 14.7 Å². The Kier molecular flexibility index (Phi) is 4.89. The van der Waals surface area contributed by atoms with E-state index in [-0.39, 0.29) is 6.04 Å². The lowest BCUT2D eigenvalue weighted by atomic mass is 9.92. The van der Waals surface area contributed by atoms with Crippen molar-refractivity contribution in [3.05, 3.63) is 107 Å². The van der Waals surface area contributed by atoms with Gasteiger partial charge in [0.15, 0.2) is 0 Å². The summed E-state index contributed by atoms with van der Waals surface area (Å²) in [6.45, 7) is 0. The third-order valence-electron chi connectivity index (χ3n) is 5.49. The Morgan fingerprint density at radius 3 is 2.37 bits per heavy atom. The molecule has 4 nitrogen and oxygen atoms in total. The van der Waals surface area contributed by atoms with Crippen molar-refractivity contribution in [3.8, 4) is 5.75 Å². The second-order valence-corrected chi connectivity index (χ2v) is 7.36. The van der Waals surface area contributed by atoms with Crippen LogP contribution in [0.1, 0.15) is 35.6 Å². The van der Waals surface area contributed by atoms with Gasteiger partial charge in [-0.05, 0) is 30.5 Å². The minimum Gasteiger partial charge on any atom is -0.497 e. The maximum Gasteiger partial charge on any atom is 0.142 e. The summed E-state index contributed by atoms with van der Waals surface area (Å²) in [4.78, 5) is 12.1. The molecule has 4 heteroatoms. The predicted molar refractivity (Wildman–Crippen MR) is 122 cm³/mol. The Hall–Kier alpha value is -3.66. The van der Waals surface area contributed by atoms with Crippen LogP contribution in [0.25, 0.3) is 0 Å². The second kappa shape index (κ2) is 7.99. The number of benzene rings is 3. The van der Waals surface area contributed by atoms with E-state index >= 15 is 0 Å². The van der Waals surface area contributed by atoms with Crippen molar-refractivity contribution in [2.45, 2.75) is 18.9 Å². The van der Waals surface area contributed by atoms with Crippen LogP contribution in [0, 0.1) is 0 Å². The number of ether oxygens (including phenoxy) is 1. The first kappa shape index (κ1) is 18.4. The van der Waals surface area contributed by atoms with Crippen molar-refractivity contribution in [2.75, 3.05) is 7.11 Å². The number of hydrogen-bond acceptors (Lipinski definition) is 4. The van der Waals surface area contributed by atoms with Gasteiger partial charge in [0.1, 0.15) is 17.4 Å². The minimum absolute atomic E-state index is 0.0266. The zero-order chi connectivity index (χ0) is 20.3. The molecule has 0 aromatic heterocycles. The standard InChI is InChI=1S/C26H23N3O/c1-30-21-15-16-22-23(18-21)28-26(20-12-6-3-7-13-20)29(24-14-8-9-17-27-24)25(22)19-10-4-2-5-11-19/h2-7,10-18,25H,8-9H2,1H3. The molecule has 0 saturated heterocycles. The second-order valence-electron chi connectivity index (χ2n) is 7.36. The molecule has 0 bridgehead atoms. The van der Waals surface area contributed by atoms with Gasteiger partial charge in [0.2, 0.25) is 0 Å². The molecule has 0 N–H and O–H groups in total. The lowest BCUT2D eigenvalue weighted by molar-refractivity contribution is 0.409. The van der Waals surface area contributed by atoms with Gasteiger partial charge in [-0.3, -0.25) is 4.90 Å². The molecular formula is C26H23N3O. The molecular weight excluding hydrogens is 370 g/mol. The smallest absolute Gasteiger partial charge is 0.142 e. The monoisotopic (exact) mass is 393 g/mol. The molecule has 30 heavy (non-hydrogen) atoms. The van der Waals surface area contributed by atoms with E-state index in [1.807, 2.05) is 36.5 Å². The summed E-state index contributed by atoms with van der Waals surface area (Å²) in [6.07, 6.45) is 6.17. The summed E-state index contributed by atoms with van der Waals surface area (Å²) in [5.41, 5.74) is 4.34. The van der Waals surface area contributed by atoms with E-state index < -0.39 is 0 Å². The van der Waals surface area contributed by atoms with E-state index in [0.29, 0.717) is 0 Å². The van der Waals surface area contributed by atoms with E-state index in [2.05, 4.69) is 59.5 Å². The Balaban J connectivity index is 1.77. The van der Waals surface area contributed by atoms with Crippen molar-refractivity contribution < 1.29 is 4.74 Å². The lowest BCUT2D eigenvalue weighted by Gasteiger charge is -2.39. The first-order chi connectivity index (χ1) is 14.8. The van der Waals surface area contributed by atoms with Gasteiger partial charge in [-0.25, -0.2) is 9.98 Å². The van der Waals surface area contributed by atoms with Crippen molar-refractivity contribution in [2.24, 2.45) is 9.98 Å². The van der Waals surface area contributed by atoms with Crippen LogP contribution in [0.15, 0.2) is 101 Å². The molecule has 1 unspecified atom stereocenters. The van der Waals surface area contributed by atoms with Gasteiger partial charge in [0, 0.05) is 23.4 Å². The molecule has 0 radical (unpaired) electrons. The van der Waals surface area contributed by atoms with Crippen LogP contribution >= 0.6 is 0 Å². The van der Waals surface area contributed by atoms with Crippen LogP contribution in [0.4, 0.5) is 5.69 Å². The molecule has 148 valence electrons. The normalized spacial score (nSPS) is 17.8. The van der Waals surface area contributed by atoms with E-state index in [0.717, 1.165) is 47.1 Å². The molecule has 2 heterocycles. The molecule has 3 aromatic rings. The average molecular weight is 393 g/mol. The number of hydrogen-bond donors (Lipinski definition) is 0. The summed E-state index contributed by atoms with van der Waals surface area (Å²) in [5, 5.41) is 0. The van der Waals surface area contributed by atoms with Crippen molar-refractivity contribution in [3.63, 3.8) is 0 Å². The largest absolute Gasteiger partial charge is 0.497 e. The third-order valence-corrected chi connectivity index (χ3v) is 5.49. The first-order valence-electron chi connectivity index (χ1n) is 10.2. The molecule has 0 spiro atoms. The topological polar surface area (TPSA) is 37.2 Å². The Bertz CT molecular complexity index is 1130. The highest BCUT2D eigenvalue weighted by Crippen LogP contribution is 2.44. The van der Waals surface area contributed by atoms with Crippen LogP contribution in [-0.4, -0.2) is 24.1 Å². The van der Waals surface area contributed by atoms with E-state index in [9.17, 15) is 0 Å². The Morgan fingerprint density at radius 1 is 0.900 bits per heavy atom. The molecule has 0 aliphatic carbocycles. The van der Waals surface area contributed by atoms with Gasteiger partial charge in [-0.15, -0.1) is 0 Å². The van der Waals surface area contributed by atoms with Gasteiger partial charge in [-0.2, -0.15) is 0 Å². The zero-order valence-corrected chi connectivity index (χ0v) is 16.9. The molecule has 0 fully saturated rings. The SMILES string of the molecule is COc1ccc2c(c1)N=C(c1ccccc1)N(C1=CCCC=N1)C2c1ccccc1. The fraction of sp³-hybridized carbons (Fsp3) is 0.154. The summed E-state index contributed by atoms with van der Waals surface area (Å²) in [5.74, 6) is 2.65. The number of nitrogens with zero attached hydrogens (tertiary/aromatic N) is 3. The average Bonchev–Trinajstić information content (AvgIpc) is 2.84. The van der Waals surface area contributed by atoms with Crippen LogP contribution in [0.2, 0.25) is 0 Å². The summed E-state index contributed by atoms with van der Waals surface area (Å²) in [6, 6.07) is 27.0. The summed E-state index contributed by atoms with van der Waals surface area (Å²) < 4.78 is 5.49. The van der Waals surface area contributed by atoms with Crippen molar-refractivity contribution >= 4 is 17.7 Å². The number of allylic oxidation sites excluding steroid dienone is 1. The Labute approximate surface area is 176 Å². The first-order valence-corrected chi connectivity index (χ1v) is 10.2. The number of amidine groups is 1. The number of aliphatic imine (C=N–C) groups is 2. The van der Waals surface area contributed by atoms with Gasteiger partial charge in [0.05, 0.1) is 18.8 Å².